The molecule has 3 nitrogen and oxygen atoms in total. The van der Waals surface area contributed by atoms with E-state index in [1.54, 1.807) is 30.9 Å². The van der Waals surface area contributed by atoms with E-state index >= 15 is 0 Å². The number of nitrogens with zero attached hydrogens (tertiary/aromatic N) is 3. The van der Waals surface area contributed by atoms with Crippen molar-refractivity contribution in [1.82, 2.24) is 15.0 Å². The van der Waals surface area contributed by atoms with Gasteiger partial charge in [-0.1, -0.05) is 20.9 Å². The Kier molecular flexibility index (Phi) is 11.8. The highest BCUT2D eigenvalue weighted by Crippen LogP contribution is 1.73. The van der Waals surface area contributed by atoms with Crippen molar-refractivity contribution in [2.75, 3.05) is 0 Å². The maximum absolute atomic E-state index is 3.78. The topological polar surface area (TPSA) is 38.7 Å². The van der Waals surface area contributed by atoms with E-state index in [1.807, 2.05) is 18.2 Å². The van der Waals surface area contributed by atoms with Gasteiger partial charge in [0.2, 0.25) is 0 Å². The van der Waals surface area contributed by atoms with Crippen molar-refractivity contribution in [3.63, 3.8) is 0 Å². The van der Waals surface area contributed by atoms with Crippen molar-refractivity contribution >= 4 is 0 Å². The van der Waals surface area contributed by atoms with Crippen molar-refractivity contribution in [2.24, 2.45) is 0 Å². The third kappa shape index (κ3) is 8.33. The SMILES string of the molecule is C.C.c1ccncc1.c1cncnc1. The lowest BCUT2D eigenvalue weighted by Crippen LogP contribution is -1.66. The smallest absolute Gasteiger partial charge is 0.115 e. The molecule has 2 aromatic heterocycles. The molecule has 2 heterocycles. The number of hydrogen-bond donors (Lipinski definition) is 0. The third-order valence-corrected chi connectivity index (χ3v) is 1.04. The Bertz CT molecular complexity index is 186. The number of rotatable bonds is 0. The van der Waals surface area contributed by atoms with Gasteiger partial charge in [0.15, 0.2) is 0 Å². The lowest BCUT2D eigenvalue weighted by molar-refractivity contribution is 1.17. The first-order chi connectivity index (χ1) is 6.00. The fraction of sp³-hybridized carbons (Fsp3) is 0.182. The second-order valence-corrected chi connectivity index (χ2v) is 1.93. The van der Waals surface area contributed by atoms with Gasteiger partial charge < -0.3 is 0 Å². The minimum atomic E-state index is 0. The van der Waals surface area contributed by atoms with E-state index in [9.17, 15) is 0 Å². The molecule has 0 aromatic carbocycles. The van der Waals surface area contributed by atoms with Crippen LogP contribution in [0.5, 0.6) is 0 Å². The first kappa shape index (κ1) is 14.7. The van der Waals surface area contributed by atoms with Gasteiger partial charge in [-0.2, -0.15) is 0 Å². The van der Waals surface area contributed by atoms with Crippen molar-refractivity contribution in [2.45, 2.75) is 14.9 Å². The fourth-order valence-electron chi connectivity index (χ4n) is 0.566. The molecule has 0 aliphatic carbocycles. The van der Waals surface area contributed by atoms with Crippen molar-refractivity contribution < 1.29 is 0 Å². The Morgan fingerprint density at radius 3 is 1.14 bits per heavy atom. The van der Waals surface area contributed by atoms with E-state index in [0.717, 1.165) is 0 Å². The molecule has 0 N–H and O–H groups in total. The van der Waals surface area contributed by atoms with Gasteiger partial charge in [-0.25, -0.2) is 9.97 Å². The van der Waals surface area contributed by atoms with Crippen LogP contribution in [0.15, 0.2) is 55.4 Å². The molecule has 0 spiro atoms. The molecule has 2 aromatic rings. The summed E-state index contributed by atoms with van der Waals surface area (Å²) in [7, 11) is 0. The predicted molar refractivity (Wildman–Crippen MR) is 59.7 cm³/mol. The van der Waals surface area contributed by atoms with Crippen LogP contribution < -0.4 is 0 Å². The molecule has 14 heavy (non-hydrogen) atoms. The molecule has 76 valence electrons. The monoisotopic (exact) mass is 191 g/mol. The van der Waals surface area contributed by atoms with Gasteiger partial charge in [0, 0.05) is 24.8 Å². The first-order valence-electron chi connectivity index (χ1n) is 3.55. The Balaban J connectivity index is 0. The molecule has 0 fully saturated rings. The summed E-state index contributed by atoms with van der Waals surface area (Å²) in [5.74, 6) is 0. The van der Waals surface area contributed by atoms with Crippen molar-refractivity contribution in [1.29, 1.82) is 0 Å². The highest BCUT2D eigenvalue weighted by Gasteiger charge is 1.59. The molecular weight excluding hydrogens is 174 g/mol. The Labute approximate surface area is 85.9 Å². The summed E-state index contributed by atoms with van der Waals surface area (Å²) < 4.78 is 0. The van der Waals surface area contributed by atoms with Crippen LogP contribution in [-0.4, -0.2) is 15.0 Å². The van der Waals surface area contributed by atoms with Crippen LogP contribution >= 0.6 is 0 Å². The van der Waals surface area contributed by atoms with E-state index in [0.29, 0.717) is 0 Å². The zero-order valence-corrected chi connectivity index (χ0v) is 6.54. The molecule has 0 aliphatic rings. The molecule has 3 heteroatoms. The molecule has 0 unspecified atom stereocenters. The summed E-state index contributed by atoms with van der Waals surface area (Å²) in [5.41, 5.74) is 0. The van der Waals surface area contributed by atoms with Gasteiger partial charge >= 0.3 is 0 Å². The highest BCUT2D eigenvalue weighted by molar-refractivity contribution is 4.88. The fourth-order valence-corrected chi connectivity index (χ4v) is 0.566. The van der Waals surface area contributed by atoms with Crippen LogP contribution in [-0.2, 0) is 0 Å². The van der Waals surface area contributed by atoms with E-state index in [4.69, 9.17) is 0 Å². The van der Waals surface area contributed by atoms with Gasteiger partial charge in [0.25, 0.3) is 0 Å². The Morgan fingerprint density at radius 1 is 0.500 bits per heavy atom. The quantitative estimate of drug-likeness (QED) is 0.642. The number of hydrogen-bond acceptors (Lipinski definition) is 3. The normalized spacial score (nSPS) is 6.86. The van der Waals surface area contributed by atoms with Crippen LogP contribution in [0.25, 0.3) is 0 Å². The second kappa shape index (κ2) is 11.2. The van der Waals surface area contributed by atoms with E-state index in [2.05, 4.69) is 15.0 Å². The summed E-state index contributed by atoms with van der Waals surface area (Å²) in [6, 6.07) is 7.49. The first-order valence-corrected chi connectivity index (χ1v) is 3.55. The number of pyridine rings is 1. The van der Waals surface area contributed by atoms with E-state index < -0.39 is 0 Å². The Hall–Kier alpha value is -1.77. The van der Waals surface area contributed by atoms with Crippen molar-refractivity contribution in [3.8, 4) is 0 Å². The highest BCUT2D eigenvalue weighted by atomic mass is 14.8. The zero-order chi connectivity index (χ0) is 8.49. The van der Waals surface area contributed by atoms with Gasteiger partial charge in [-0.15, -0.1) is 0 Å². The predicted octanol–water partition coefficient (Wildman–Crippen LogP) is 2.83. The lowest BCUT2D eigenvalue weighted by Gasteiger charge is -1.70. The maximum atomic E-state index is 3.78. The summed E-state index contributed by atoms with van der Waals surface area (Å²) in [4.78, 5) is 11.1. The largest absolute Gasteiger partial charge is 0.265 e. The van der Waals surface area contributed by atoms with Gasteiger partial charge in [0.05, 0.1) is 0 Å². The van der Waals surface area contributed by atoms with Crippen LogP contribution in [0.1, 0.15) is 14.9 Å². The standard InChI is InChI=1S/C5H5N.C4H4N2.2CH4/c1-2-4-6-5-3-1;1-2-5-4-6-3-1;;/h1-5H;1-4H;2*1H4. The summed E-state index contributed by atoms with van der Waals surface area (Å²) in [6.07, 6.45) is 8.38. The third-order valence-electron chi connectivity index (χ3n) is 1.04. The average molecular weight is 191 g/mol. The van der Waals surface area contributed by atoms with Crippen LogP contribution in [0.3, 0.4) is 0 Å². The molecule has 0 aliphatic heterocycles. The molecule has 0 saturated carbocycles. The molecule has 0 amide bonds. The molecule has 0 radical (unpaired) electrons. The lowest BCUT2D eigenvalue weighted by atomic mass is 10.5. The van der Waals surface area contributed by atoms with Gasteiger partial charge in [0.1, 0.15) is 6.33 Å². The molecular formula is C11H17N3. The van der Waals surface area contributed by atoms with Crippen LogP contribution in [0, 0.1) is 0 Å². The molecule has 0 atom stereocenters. The maximum Gasteiger partial charge on any atom is 0.115 e. The van der Waals surface area contributed by atoms with Crippen molar-refractivity contribution in [3.05, 3.63) is 55.4 Å². The van der Waals surface area contributed by atoms with E-state index in [-0.39, 0.29) is 14.9 Å². The van der Waals surface area contributed by atoms with Gasteiger partial charge in [-0.05, 0) is 18.2 Å². The summed E-state index contributed by atoms with van der Waals surface area (Å²) in [5, 5.41) is 0. The van der Waals surface area contributed by atoms with Crippen LogP contribution in [0.2, 0.25) is 0 Å². The van der Waals surface area contributed by atoms with Crippen LogP contribution in [0.4, 0.5) is 0 Å². The van der Waals surface area contributed by atoms with Gasteiger partial charge in [-0.3, -0.25) is 4.98 Å². The zero-order valence-electron chi connectivity index (χ0n) is 6.54. The van der Waals surface area contributed by atoms with E-state index in [1.165, 1.54) is 6.33 Å². The minimum absolute atomic E-state index is 0. The summed E-state index contributed by atoms with van der Waals surface area (Å²) in [6.45, 7) is 0. The summed E-state index contributed by atoms with van der Waals surface area (Å²) >= 11 is 0. The second-order valence-electron chi connectivity index (χ2n) is 1.93. The molecule has 2 rings (SSSR count). The Morgan fingerprint density at radius 2 is 1.00 bits per heavy atom. The minimum Gasteiger partial charge on any atom is -0.265 e. The number of aromatic nitrogens is 3. The molecule has 0 bridgehead atoms. The average Bonchev–Trinajstić information content (AvgIpc) is 2.24. The molecule has 0 saturated heterocycles.